The third-order valence-electron chi connectivity index (χ3n) is 4.43. The summed E-state index contributed by atoms with van der Waals surface area (Å²) in [6.45, 7) is 2.38. The Bertz CT molecular complexity index is 476. The molecule has 3 rings (SSSR count). The number of allylic oxidation sites excluding steroid dienone is 2. The second kappa shape index (κ2) is 4.33. The highest BCUT2D eigenvalue weighted by atomic mass is 35.5. The molecule has 3 atom stereocenters. The standard InChI is InChI=1S/C15H16Cl2/c1-9-12-5-2-10(3-6-13(9)12)11-4-7-14(16)15(17)8-11/h2,4,7-9,12-13H,3,5-6H2,1H3/t9-,12?,13?/m0/s1. The van der Waals surface area contributed by atoms with Crippen LogP contribution in [0.1, 0.15) is 31.7 Å². The Balaban J connectivity index is 1.84. The van der Waals surface area contributed by atoms with Gasteiger partial charge < -0.3 is 0 Å². The van der Waals surface area contributed by atoms with Crippen LogP contribution in [0.15, 0.2) is 24.3 Å². The molecule has 0 aromatic heterocycles. The summed E-state index contributed by atoms with van der Waals surface area (Å²) in [6, 6.07) is 5.98. The lowest BCUT2D eigenvalue weighted by Gasteiger charge is -2.08. The number of rotatable bonds is 1. The summed E-state index contributed by atoms with van der Waals surface area (Å²) in [5.41, 5.74) is 2.69. The summed E-state index contributed by atoms with van der Waals surface area (Å²) in [5, 5.41) is 1.30. The van der Waals surface area contributed by atoms with Gasteiger partial charge in [-0.25, -0.2) is 0 Å². The molecule has 2 unspecified atom stereocenters. The average Bonchev–Trinajstić information content (AvgIpc) is 2.99. The Morgan fingerprint density at radius 1 is 1.12 bits per heavy atom. The van der Waals surface area contributed by atoms with Crippen LogP contribution in [0.5, 0.6) is 0 Å². The number of benzene rings is 1. The number of fused-ring (bicyclic) bond motifs is 1. The molecule has 0 amide bonds. The first-order valence-corrected chi connectivity index (χ1v) is 7.07. The first kappa shape index (κ1) is 11.6. The fourth-order valence-corrected chi connectivity index (χ4v) is 3.46. The summed E-state index contributed by atoms with van der Waals surface area (Å²) >= 11 is 12.0. The highest BCUT2D eigenvalue weighted by molar-refractivity contribution is 6.42. The second-order valence-electron chi connectivity index (χ2n) is 5.32. The molecule has 17 heavy (non-hydrogen) atoms. The van der Waals surface area contributed by atoms with Gasteiger partial charge in [0, 0.05) is 0 Å². The van der Waals surface area contributed by atoms with Crippen LogP contribution >= 0.6 is 23.2 Å². The lowest BCUT2D eigenvalue weighted by atomic mass is 9.99. The molecule has 1 aromatic rings. The van der Waals surface area contributed by atoms with Crippen LogP contribution in [0.4, 0.5) is 0 Å². The van der Waals surface area contributed by atoms with E-state index >= 15 is 0 Å². The van der Waals surface area contributed by atoms with Gasteiger partial charge in [-0.05, 0) is 60.3 Å². The molecule has 1 fully saturated rings. The summed E-state index contributed by atoms with van der Waals surface area (Å²) in [6.07, 6.45) is 6.16. The van der Waals surface area contributed by atoms with Crippen molar-refractivity contribution >= 4 is 28.8 Å². The van der Waals surface area contributed by atoms with Gasteiger partial charge in [-0.1, -0.05) is 42.3 Å². The SMILES string of the molecule is C[C@H]1C2CC=C(c3ccc(Cl)c(Cl)c3)CCC21. The highest BCUT2D eigenvalue weighted by Crippen LogP contribution is 2.54. The third kappa shape index (κ3) is 2.13. The molecule has 0 spiro atoms. The Kier molecular flexibility index (Phi) is 2.96. The molecule has 0 heterocycles. The summed E-state index contributed by atoms with van der Waals surface area (Å²) in [5.74, 6) is 2.85. The first-order valence-electron chi connectivity index (χ1n) is 6.31. The quantitative estimate of drug-likeness (QED) is 0.635. The van der Waals surface area contributed by atoms with Crippen LogP contribution in [0.25, 0.3) is 5.57 Å². The molecule has 2 aliphatic carbocycles. The van der Waals surface area contributed by atoms with E-state index < -0.39 is 0 Å². The smallest absolute Gasteiger partial charge is 0.0598 e. The van der Waals surface area contributed by atoms with Gasteiger partial charge in [-0.2, -0.15) is 0 Å². The van der Waals surface area contributed by atoms with Crippen LogP contribution in [0.2, 0.25) is 10.0 Å². The topological polar surface area (TPSA) is 0 Å². The van der Waals surface area contributed by atoms with Crippen molar-refractivity contribution in [3.05, 3.63) is 39.9 Å². The molecule has 0 N–H and O–H groups in total. The number of hydrogen-bond acceptors (Lipinski definition) is 0. The first-order chi connectivity index (χ1) is 8.16. The highest BCUT2D eigenvalue weighted by Gasteiger charge is 2.45. The minimum atomic E-state index is 0.640. The van der Waals surface area contributed by atoms with Gasteiger partial charge in [0.25, 0.3) is 0 Å². The zero-order chi connectivity index (χ0) is 12.0. The molecule has 0 nitrogen and oxygen atoms in total. The van der Waals surface area contributed by atoms with Crippen LogP contribution in [0, 0.1) is 17.8 Å². The van der Waals surface area contributed by atoms with Crippen molar-refractivity contribution < 1.29 is 0 Å². The maximum Gasteiger partial charge on any atom is 0.0598 e. The second-order valence-corrected chi connectivity index (χ2v) is 6.13. The van der Waals surface area contributed by atoms with Gasteiger partial charge in [0.2, 0.25) is 0 Å². The van der Waals surface area contributed by atoms with Crippen LogP contribution in [-0.4, -0.2) is 0 Å². The van der Waals surface area contributed by atoms with E-state index in [0.717, 1.165) is 17.8 Å². The van der Waals surface area contributed by atoms with Crippen molar-refractivity contribution in [2.24, 2.45) is 17.8 Å². The minimum Gasteiger partial charge on any atom is -0.0827 e. The molecule has 2 aliphatic rings. The van der Waals surface area contributed by atoms with Crippen LogP contribution in [-0.2, 0) is 0 Å². The van der Waals surface area contributed by atoms with E-state index in [1.807, 2.05) is 12.1 Å². The molecule has 0 radical (unpaired) electrons. The van der Waals surface area contributed by atoms with Crippen molar-refractivity contribution in [3.63, 3.8) is 0 Å². The maximum absolute atomic E-state index is 6.08. The minimum absolute atomic E-state index is 0.640. The zero-order valence-corrected chi connectivity index (χ0v) is 11.4. The van der Waals surface area contributed by atoms with E-state index in [-0.39, 0.29) is 0 Å². The number of halogens is 2. The predicted molar refractivity (Wildman–Crippen MR) is 74.4 cm³/mol. The molecule has 1 saturated carbocycles. The van der Waals surface area contributed by atoms with Gasteiger partial charge in [0.05, 0.1) is 10.0 Å². The van der Waals surface area contributed by atoms with Crippen LogP contribution < -0.4 is 0 Å². The summed E-state index contributed by atoms with van der Waals surface area (Å²) in [7, 11) is 0. The van der Waals surface area contributed by atoms with Crippen molar-refractivity contribution in [2.75, 3.05) is 0 Å². The monoisotopic (exact) mass is 266 g/mol. The predicted octanol–water partition coefficient (Wildman–Crippen LogP) is 5.44. The summed E-state index contributed by atoms with van der Waals surface area (Å²) in [4.78, 5) is 0. The Morgan fingerprint density at radius 3 is 2.71 bits per heavy atom. The molecule has 1 aromatic carbocycles. The molecule has 2 heteroatoms. The van der Waals surface area contributed by atoms with Crippen molar-refractivity contribution in [1.82, 2.24) is 0 Å². The Morgan fingerprint density at radius 2 is 1.94 bits per heavy atom. The fraction of sp³-hybridized carbons (Fsp3) is 0.467. The van der Waals surface area contributed by atoms with Gasteiger partial charge in [-0.15, -0.1) is 0 Å². The van der Waals surface area contributed by atoms with E-state index in [9.17, 15) is 0 Å². The normalized spacial score (nSPS) is 31.5. The summed E-state index contributed by atoms with van der Waals surface area (Å²) < 4.78 is 0. The number of hydrogen-bond donors (Lipinski definition) is 0. The zero-order valence-electron chi connectivity index (χ0n) is 9.92. The largest absolute Gasteiger partial charge is 0.0827 e. The molecule has 0 bridgehead atoms. The van der Waals surface area contributed by atoms with E-state index in [4.69, 9.17) is 23.2 Å². The lowest BCUT2D eigenvalue weighted by molar-refractivity contribution is 0.670. The van der Waals surface area contributed by atoms with Crippen molar-refractivity contribution in [1.29, 1.82) is 0 Å². The molecule has 0 aliphatic heterocycles. The maximum atomic E-state index is 6.08. The van der Waals surface area contributed by atoms with Gasteiger partial charge in [0.1, 0.15) is 0 Å². The molecular weight excluding hydrogens is 251 g/mol. The molecular formula is C15H16Cl2. The van der Waals surface area contributed by atoms with Gasteiger partial charge >= 0.3 is 0 Å². The average molecular weight is 267 g/mol. The van der Waals surface area contributed by atoms with E-state index in [2.05, 4.69) is 19.1 Å². The Labute approximate surface area is 113 Å². The van der Waals surface area contributed by atoms with Crippen molar-refractivity contribution in [2.45, 2.75) is 26.2 Å². The van der Waals surface area contributed by atoms with Crippen LogP contribution in [0.3, 0.4) is 0 Å². The van der Waals surface area contributed by atoms with E-state index in [1.54, 1.807) is 0 Å². The van der Waals surface area contributed by atoms with E-state index in [0.29, 0.717) is 10.0 Å². The third-order valence-corrected chi connectivity index (χ3v) is 5.17. The molecule has 0 saturated heterocycles. The lowest BCUT2D eigenvalue weighted by Crippen LogP contribution is -1.87. The van der Waals surface area contributed by atoms with Gasteiger partial charge in [0.15, 0.2) is 0 Å². The van der Waals surface area contributed by atoms with E-state index in [1.165, 1.54) is 30.4 Å². The van der Waals surface area contributed by atoms with Gasteiger partial charge in [-0.3, -0.25) is 0 Å². The molecule has 90 valence electrons. The Hall–Kier alpha value is -0.460. The fourth-order valence-electron chi connectivity index (χ4n) is 3.16. The van der Waals surface area contributed by atoms with Crippen molar-refractivity contribution in [3.8, 4) is 0 Å².